The lowest BCUT2D eigenvalue weighted by Gasteiger charge is -2.37. The lowest BCUT2D eigenvalue weighted by Crippen LogP contribution is -2.48. The first kappa shape index (κ1) is 24.8. The van der Waals surface area contributed by atoms with Crippen LogP contribution in [0.3, 0.4) is 0 Å². The zero-order valence-electron chi connectivity index (χ0n) is 22.1. The van der Waals surface area contributed by atoms with E-state index < -0.39 is 28.3 Å². The van der Waals surface area contributed by atoms with Crippen LogP contribution in [0.5, 0.6) is 0 Å². The molecule has 0 radical (unpaired) electrons. The van der Waals surface area contributed by atoms with Gasteiger partial charge in [0.15, 0.2) is 17.3 Å². The molecule has 200 valence electrons. The van der Waals surface area contributed by atoms with E-state index in [2.05, 4.69) is 0 Å². The van der Waals surface area contributed by atoms with E-state index in [1.165, 1.54) is 12.1 Å². The summed E-state index contributed by atoms with van der Waals surface area (Å²) < 4.78 is 0. The maximum absolute atomic E-state index is 14.6. The van der Waals surface area contributed by atoms with Crippen LogP contribution in [-0.2, 0) is 0 Å². The number of anilines is 1. The molecule has 41 heavy (non-hydrogen) atoms. The molecule has 0 N–H and O–H groups in total. The van der Waals surface area contributed by atoms with Crippen LogP contribution in [0.4, 0.5) is 11.4 Å². The predicted octanol–water partition coefficient (Wildman–Crippen LogP) is 6.22. The number of ketones is 3. The van der Waals surface area contributed by atoms with Crippen LogP contribution < -0.4 is 4.90 Å². The lowest BCUT2D eigenvalue weighted by atomic mass is 9.64. The first-order valence-electron chi connectivity index (χ1n) is 13.4. The van der Waals surface area contributed by atoms with Crippen molar-refractivity contribution in [3.05, 3.63) is 147 Å². The minimum atomic E-state index is -1.70. The number of nitro groups is 1. The molecular weight excluding hydrogens is 516 g/mol. The monoisotopic (exact) mass is 540 g/mol. The highest BCUT2D eigenvalue weighted by atomic mass is 16.6. The number of nitrogens with zero attached hydrogens (tertiary/aromatic N) is 2. The SMILES string of the molecule is Cc1ccc(C(=O)[C@H]2[C@H](c3cccc([N+](=O)[O-])c3)C3(C(=O)c4ccccc4C3=O)C3C=Cc4ccccc4N32)cc1. The summed E-state index contributed by atoms with van der Waals surface area (Å²) in [5.74, 6) is -1.99. The summed E-state index contributed by atoms with van der Waals surface area (Å²) in [4.78, 5) is 57.1. The third kappa shape index (κ3) is 3.35. The van der Waals surface area contributed by atoms with E-state index in [-0.39, 0.29) is 23.0 Å². The summed E-state index contributed by atoms with van der Waals surface area (Å²) in [7, 11) is 0. The second kappa shape index (κ2) is 8.93. The molecule has 3 atom stereocenters. The molecule has 2 heterocycles. The lowest BCUT2D eigenvalue weighted by molar-refractivity contribution is -0.384. The third-order valence-corrected chi connectivity index (χ3v) is 8.76. The van der Waals surface area contributed by atoms with Gasteiger partial charge in [0, 0.05) is 40.4 Å². The van der Waals surface area contributed by atoms with E-state index in [1.807, 2.05) is 60.4 Å². The second-order valence-electron chi connectivity index (χ2n) is 10.8. The Bertz CT molecular complexity index is 1790. The van der Waals surface area contributed by atoms with Crippen LogP contribution in [0.25, 0.3) is 6.08 Å². The fourth-order valence-electron chi connectivity index (χ4n) is 7.01. The number of Topliss-reactive ketones (excluding diaryl/α,β-unsaturated/α-hetero) is 3. The van der Waals surface area contributed by atoms with Crippen molar-refractivity contribution in [2.24, 2.45) is 5.41 Å². The Morgan fingerprint density at radius 2 is 1.51 bits per heavy atom. The number of aryl methyl sites for hydroxylation is 1. The Morgan fingerprint density at radius 1 is 0.854 bits per heavy atom. The highest BCUT2D eigenvalue weighted by Crippen LogP contribution is 2.61. The van der Waals surface area contributed by atoms with E-state index in [9.17, 15) is 24.5 Å². The minimum Gasteiger partial charge on any atom is -0.352 e. The van der Waals surface area contributed by atoms with Gasteiger partial charge in [-0.2, -0.15) is 0 Å². The number of carbonyl (C=O) groups excluding carboxylic acids is 3. The number of para-hydroxylation sites is 1. The van der Waals surface area contributed by atoms with Gasteiger partial charge < -0.3 is 4.90 Å². The van der Waals surface area contributed by atoms with Crippen LogP contribution >= 0.6 is 0 Å². The van der Waals surface area contributed by atoms with Gasteiger partial charge in [0.25, 0.3) is 5.69 Å². The van der Waals surface area contributed by atoms with Crippen molar-refractivity contribution >= 4 is 34.8 Å². The quantitative estimate of drug-likeness (QED) is 0.132. The molecule has 7 rings (SSSR count). The molecule has 1 aliphatic carbocycles. The van der Waals surface area contributed by atoms with Crippen LogP contribution in [-0.4, -0.2) is 34.4 Å². The van der Waals surface area contributed by atoms with Crippen molar-refractivity contribution in [3.8, 4) is 0 Å². The highest BCUT2D eigenvalue weighted by molar-refractivity contribution is 6.32. The Morgan fingerprint density at radius 3 is 2.20 bits per heavy atom. The molecule has 7 nitrogen and oxygen atoms in total. The summed E-state index contributed by atoms with van der Waals surface area (Å²) in [6, 6.07) is 25.8. The summed E-state index contributed by atoms with van der Waals surface area (Å²) in [5, 5.41) is 11.9. The summed E-state index contributed by atoms with van der Waals surface area (Å²) >= 11 is 0. The fourth-order valence-corrected chi connectivity index (χ4v) is 7.01. The number of hydrogen-bond donors (Lipinski definition) is 0. The number of fused-ring (bicyclic) bond motifs is 5. The maximum atomic E-state index is 14.6. The van der Waals surface area contributed by atoms with Gasteiger partial charge >= 0.3 is 0 Å². The van der Waals surface area contributed by atoms with E-state index in [0.29, 0.717) is 22.3 Å². The molecule has 0 aromatic heterocycles. The van der Waals surface area contributed by atoms with Crippen molar-refractivity contribution in [3.63, 3.8) is 0 Å². The maximum Gasteiger partial charge on any atom is 0.269 e. The molecule has 1 saturated heterocycles. The van der Waals surface area contributed by atoms with E-state index >= 15 is 0 Å². The van der Waals surface area contributed by atoms with Crippen molar-refractivity contribution in [1.29, 1.82) is 0 Å². The number of hydrogen-bond acceptors (Lipinski definition) is 6. The average molecular weight is 541 g/mol. The Kier molecular flexibility index (Phi) is 5.41. The highest BCUT2D eigenvalue weighted by Gasteiger charge is 2.71. The van der Waals surface area contributed by atoms with Crippen LogP contribution in [0.1, 0.15) is 53.7 Å². The zero-order chi connectivity index (χ0) is 28.5. The van der Waals surface area contributed by atoms with Crippen LogP contribution in [0.2, 0.25) is 0 Å². The summed E-state index contributed by atoms with van der Waals surface area (Å²) in [5.41, 5.74) is 2.16. The molecule has 0 bridgehead atoms. The van der Waals surface area contributed by atoms with Gasteiger partial charge in [0.1, 0.15) is 11.5 Å². The molecule has 0 saturated carbocycles. The zero-order valence-corrected chi connectivity index (χ0v) is 22.1. The first-order chi connectivity index (χ1) is 19.8. The molecule has 1 fully saturated rings. The van der Waals surface area contributed by atoms with Gasteiger partial charge in [-0.05, 0) is 24.1 Å². The number of nitro benzene ring substituents is 1. The number of carbonyl (C=O) groups is 3. The van der Waals surface area contributed by atoms with Gasteiger partial charge in [-0.15, -0.1) is 0 Å². The van der Waals surface area contributed by atoms with E-state index in [4.69, 9.17) is 0 Å². The van der Waals surface area contributed by atoms with Gasteiger partial charge in [-0.25, -0.2) is 0 Å². The third-order valence-electron chi connectivity index (χ3n) is 8.76. The molecule has 7 heteroatoms. The Labute approximate surface area is 235 Å². The van der Waals surface area contributed by atoms with Gasteiger partial charge in [-0.1, -0.05) is 96.6 Å². The van der Waals surface area contributed by atoms with Crippen LogP contribution in [0.15, 0.2) is 103 Å². The molecule has 3 aliphatic rings. The van der Waals surface area contributed by atoms with Crippen LogP contribution in [0, 0.1) is 22.5 Å². The number of non-ortho nitro benzene ring substituents is 1. The van der Waals surface area contributed by atoms with Gasteiger partial charge in [0.05, 0.1) is 11.0 Å². The fraction of sp³-hybridized carbons (Fsp3) is 0.147. The molecule has 1 spiro atoms. The summed E-state index contributed by atoms with van der Waals surface area (Å²) in [6.45, 7) is 1.93. The van der Waals surface area contributed by atoms with Crippen molar-refractivity contribution in [2.45, 2.75) is 24.9 Å². The van der Waals surface area contributed by atoms with Crippen molar-refractivity contribution in [1.82, 2.24) is 0 Å². The molecule has 4 aromatic rings. The average Bonchev–Trinajstić information content (AvgIpc) is 3.43. The molecule has 0 amide bonds. The van der Waals surface area contributed by atoms with Crippen molar-refractivity contribution < 1.29 is 19.3 Å². The Balaban J connectivity index is 1.56. The van der Waals surface area contributed by atoms with Gasteiger partial charge in [0.2, 0.25) is 0 Å². The molecular formula is C34H24N2O5. The summed E-state index contributed by atoms with van der Waals surface area (Å²) in [6.07, 6.45) is 3.74. The molecule has 4 aromatic carbocycles. The number of rotatable bonds is 4. The largest absolute Gasteiger partial charge is 0.352 e. The molecule has 1 unspecified atom stereocenters. The van der Waals surface area contributed by atoms with Gasteiger partial charge in [-0.3, -0.25) is 24.5 Å². The smallest absolute Gasteiger partial charge is 0.269 e. The first-order valence-corrected chi connectivity index (χ1v) is 13.4. The second-order valence-corrected chi connectivity index (χ2v) is 10.8. The normalized spacial score (nSPS) is 21.5. The number of benzene rings is 4. The predicted molar refractivity (Wildman–Crippen MR) is 154 cm³/mol. The molecule has 2 aliphatic heterocycles. The minimum absolute atomic E-state index is 0.171. The standard InChI is InChI=1S/C34H24N2O5/c1-20-13-15-22(16-14-20)31(37)30-29(23-8-6-9-24(19-23)36(40)41)34(32(38)25-10-3-4-11-26(25)33(34)39)28-18-17-21-7-2-5-12-27(21)35(28)30/h2-19,28-30H,1H3/t28?,29-,30+/m0/s1. The van der Waals surface area contributed by atoms with Crippen molar-refractivity contribution in [2.75, 3.05) is 4.90 Å². The van der Waals surface area contributed by atoms with E-state index in [1.54, 1.807) is 48.5 Å². The topological polar surface area (TPSA) is 97.6 Å². The Hall–Kier alpha value is -5.17. The van der Waals surface area contributed by atoms with E-state index in [0.717, 1.165) is 16.8 Å².